The van der Waals surface area contributed by atoms with E-state index in [1.54, 1.807) is 11.3 Å². The van der Waals surface area contributed by atoms with Crippen LogP contribution in [0.2, 0.25) is 0 Å². The van der Waals surface area contributed by atoms with Crippen molar-refractivity contribution in [2.24, 2.45) is 4.99 Å². The summed E-state index contributed by atoms with van der Waals surface area (Å²) in [5, 5.41) is 8.73. The Kier molecular flexibility index (Phi) is 11.7. The first-order valence-electron chi connectivity index (χ1n) is 8.54. The summed E-state index contributed by atoms with van der Waals surface area (Å²) in [5.74, 6) is 0.875. The van der Waals surface area contributed by atoms with Crippen molar-refractivity contribution in [1.29, 1.82) is 0 Å². The summed E-state index contributed by atoms with van der Waals surface area (Å²) in [7, 11) is 0. The molecular formula is C17H30IN3OS. The number of hydrogen-bond acceptors (Lipinski definition) is 3. The number of aliphatic imine (C=N–C) groups is 1. The molecular weight excluding hydrogens is 421 g/mol. The molecule has 1 saturated carbocycles. The average molecular weight is 451 g/mol. The van der Waals surface area contributed by atoms with Crippen LogP contribution in [0.1, 0.15) is 50.3 Å². The van der Waals surface area contributed by atoms with Crippen LogP contribution in [-0.4, -0.2) is 31.8 Å². The lowest BCUT2D eigenvalue weighted by Crippen LogP contribution is -2.39. The van der Waals surface area contributed by atoms with Gasteiger partial charge in [0.15, 0.2) is 5.96 Å². The van der Waals surface area contributed by atoms with Gasteiger partial charge in [-0.15, -0.1) is 35.3 Å². The minimum atomic E-state index is 0. The minimum absolute atomic E-state index is 0. The molecule has 0 unspecified atom stereocenters. The summed E-state index contributed by atoms with van der Waals surface area (Å²) in [5.41, 5.74) is 0. The standard InChI is InChI=1S/C17H29N3OS.HI/c1-2-18-17(20-14-16-10-7-13-22-16)19-11-12-21-15-8-5-3-4-6-9-15;/h7,10,13,15H,2-6,8-9,11-12,14H2,1H3,(H2,18,19,20);1H. The molecule has 1 aliphatic rings. The number of rotatable bonds is 7. The first-order chi connectivity index (χ1) is 10.9. The maximum absolute atomic E-state index is 6.00. The van der Waals surface area contributed by atoms with Crippen molar-refractivity contribution in [2.75, 3.05) is 19.7 Å². The number of guanidine groups is 1. The molecule has 0 spiro atoms. The van der Waals surface area contributed by atoms with Crippen LogP contribution in [0.5, 0.6) is 0 Å². The molecule has 6 heteroatoms. The molecule has 23 heavy (non-hydrogen) atoms. The van der Waals surface area contributed by atoms with Gasteiger partial charge in [-0.05, 0) is 31.2 Å². The van der Waals surface area contributed by atoms with Crippen molar-refractivity contribution < 1.29 is 4.74 Å². The zero-order valence-electron chi connectivity index (χ0n) is 14.1. The maximum atomic E-state index is 6.00. The van der Waals surface area contributed by atoms with Gasteiger partial charge in [0.05, 0.1) is 19.3 Å². The number of nitrogens with zero attached hydrogens (tertiary/aromatic N) is 1. The molecule has 0 aliphatic heterocycles. The van der Waals surface area contributed by atoms with Crippen LogP contribution >= 0.6 is 35.3 Å². The number of hydrogen-bond donors (Lipinski definition) is 2. The van der Waals surface area contributed by atoms with Gasteiger partial charge in [0.25, 0.3) is 0 Å². The summed E-state index contributed by atoms with van der Waals surface area (Å²) in [6.07, 6.45) is 8.32. The van der Waals surface area contributed by atoms with E-state index in [-0.39, 0.29) is 24.0 Å². The van der Waals surface area contributed by atoms with Gasteiger partial charge in [0, 0.05) is 18.0 Å². The third-order valence-corrected chi connectivity index (χ3v) is 4.73. The number of ether oxygens (including phenoxy) is 1. The highest BCUT2D eigenvalue weighted by Crippen LogP contribution is 2.19. The summed E-state index contributed by atoms with van der Waals surface area (Å²) >= 11 is 1.74. The Morgan fingerprint density at radius 1 is 1.26 bits per heavy atom. The fraction of sp³-hybridized carbons (Fsp3) is 0.706. The maximum Gasteiger partial charge on any atom is 0.191 e. The summed E-state index contributed by atoms with van der Waals surface area (Å²) in [4.78, 5) is 5.89. The number of nitrogens with one attached hydrogen (secondary N) is 2. The normalized spacial score (nSPS) is 16.5. The summed E-state index contributed by atoms with van der Waals surface area (Å²) in [6, 6.07) is 4.18. The minimum Gasteiger partial charge on any atom is -0.376 e. The third-order valence-electron chi connectivity index (χ3n) is 3.87. The second-order valence-electron chi connectivity index (χ2n) is 5.69. The molecule has 2 N–H and O–H groups in total. The number of thiophene rings is 1. The van der Waals surface area contributed by atoms with Gasteiger partial charge in [-0.25, -0.2) is 4.99 Å². The molecule has 1 heterocycles. The predicted molar refractivity (Wildman–Crippen MR) is 110 cm³/mol. The SMILES string of the molecule is CCNC(=NCc1cccs1)NCCOC1CCCCCC1.I. The molecule has 0 bridgehead atoms. The highest BCUT2D eigenvalue weighted by Gasteiger charge is 2.12. The lowest BCUT2D eigenvalue weighted by Gasteiger charge is -2.16. The van der Waals surface area contributed by atoms with Gasteiger partial charge >= 0.3 is 0 Å². The predicted octanol–water partition coefficient (Wildman–Crippen LogP) is 4.16. The zero-order valence-corrected chi connectivity index (χ0v) is 17.2. The average Bonchev–Trinajstić information content (AvgIpc) is 2.92. The van der Waals surface area contributed by atoms with E-state index in [4.69, 9.17) is 4.74 Å². The first kappa shape index (κ1) is 20.7. The van der Waals surface area contributed by atoms with Crippen LogP contribution in [0.3, 0.4) is 0 Å². The van der Waals surface area contributed by atoms with Crippen LogP contribution in [0.4, 0.5) is 0 Å². The van der Waals surface area contributed by atoms with Crippen LogP contribution in [-0.2, 0) is 11.3 Å². The summed E-state index contributed by atoms with van der Waals surface area (Å²) in [6.45, 7) is 5.27. The van der Waals surface area contributed by atoms with Crippen molar-refractivity contribution in [3.63, 3.8) is 0 Å². The molecule has 2 rings (SSSR count). The van der Waals surface area contributed by atoms with E-state index >= 15 is 0 Å². The van der Waals surface area contributed by atoms with E-state index in [2.05, 4.69) is 40.1 Å². The van der Waals surface area contributed by atoms with E-state index in [1.165, 1.54) is 43.4 Å². The fourth-order valence-corrected chi connectivity index (χ4v) is 3.33. The van der Waals surface area contributed by atoms with Gasteiger partial charge in [-0.1, -0.05) is 31.7 Å². The first-order valence-corrected chi connectivity index (χ1v) is 9.42. The van der Waals surface area contributed by atoms with Crippen molar-refractivity contribution in [3.05, 3.63) is 22.4 Å². The monoisotopic (exact) mass is 451 g/mol. The van der Waals surface area contributed by atoms with Crippen LogP contribution < -0.4 is 10.6 Å². The molecule has 0 atom stereocenters. The van der Waals surface area contributed by atoms with Gasteiger partial charge in [-0.2, -0.15) is 0 Å². The molecule has 0 amide bonds. The fourth-order valence-electron chi connectivity index (χ4n) is 2.70. The topological polar surface area (TPSA) is 45.7 Å². The lowest BCUT2D eigenvalue weighted by molar-refractivity contribution is 0.0468. The van der Waals surface area contributed by atoms with Gasteiger partial charge < -0.3 is 15.4 Å². The molecule has 0 radical (unpaired) electrons. The van der Waals surface area contributed by atoms with Crippen molar-refractivity contribution in [3.8, 4) is 0 Å². The lowest BCUT2D eigenvalue weighted by atomic mass is 10.1. The third kappa shape index (κ3) is 8.91. The number of halogens is 1. The Labute approximate surface area is 161 Å². The largest absolute Gasteiger partial charge is 0.376 e. The van der Waals surface area contributed by atoms with E-state index in [9.17, 15) is 0 Å². The van der Waals surface area contributed by atoms with E-state index in [1.807, 2.05) is 0 Å². The Balaban J connectivity index is 0.00000264. The molecule has 1 fully saturated rings. The highest BCUT2D eigenvalue weighted by atomic mass is 127. The van der Waals surface area contributed by atoms with Gasteiger partial charge in [0.2, 0.25) is 0 Å². The van der Waals surface area contributed by atoms with E-state index < -0.39 is 0 Å². The van der Waals surface area contributed by atoms with Gasteiger partial charge in [-0.3, -0.25) is 0 Å². The van der Waals surface area contributed by atoms with Crippen LogP contribution in [0.15, 0.2) is 22.5 Å². The van der Waals surface area contributed by atoms with Crippen molar-refractivity contribution in [1.82, 2.24) is 10.6 Å². The van der Waals surface area contributed by atoms with E-state index in [0.29, 0.717) is 6.10 Å². The highest BCUT2D eigenvalue weighted by molar-refractivity contribution is 14.0. The van der Waals surface area contributed by atoms with Gasteiger partial charge in [0.1, 0.15) is 0 Å². The molecule has 0 saturated heterocycles. The second kappa shape index (κ2) is 13.0. The van der Waals surface area contributed by atoms with Crippen molar-refractivity contribution in [2.45, 2.75) is 58.1 Å². The Bertz CT molecular complexity index is 417. The zero-order chi connectivity index (χ0) is 15.5. The molecule has 1 aliphatic carbocycles. The molecule has 0 aromatic carbocycles. The Morgan fingerprint density at radius 3 is 2.70 bits per heavy atom. The second-order valence-corrected chi connectivity index (χ2v) is 6.72. The van der Waals surface area contributed by atoms with Crippen LogP contribution in [0.25, 0.3) is 0 Å². The molecule has 1 aromatic heterocycles. The molecule has 132 valence electrons. The van der Waals surface area contributed by atoms with Crippen molar-refractivity contribution >= 4 is 41.3 Å². The summed E-state index contributed by atoms with van der Waals surface area (Å²) < 4.78 is 6.00. The quantitative estimate of drug-likeness (QED) is 0.215. The Hall–Kier alpha value is -0.340. The molecule has 4 nitrogen and oxygen atoms in total. The van der Waals surface area contributed by atoms with Crippen LogP contribution in [0, 0.1) is 0 Å². The smallest absolute Gasteiger partial charge is 0.191 e. The van der Waals surface area contributed by atoms with E-state index in [0.717, 1.165) is 32.2 Å². The Morgan fingerprint density at radius 2 is 2.04 bits per heavy atom. The molecule has 1 aromatic rings.